The fraction of sp³-hybridized carbons (Fsp3) is 0.667. The van der Waals surface area contributed by atoms with E-state index in [1.54, 1.807) is 11.3 Å². The summed E-state index contributed by atoms with van der Waals surface area (Å²) in [7, 11) is 0. The Balaban J connectivity index is 1.91. The molecule has 2 rings (SSSR count). The quantitative estimate of drug-likeness (QED) is 0.896. The SMILES string of the molecule is Cc1nc(N2CCC(CCC(=O)O)C2)sc1C. The average molecular weight is 254 g/mol. The van der Waals surface area contributed by atoms with E-state index in [0.717, 1.165) is 36.8 Å². The molecule has 0 aliphatic carbocycles. The van der Waals surface area contributed by atoms with Crippen LogP contribution in [-0.4, -0.2) is 29.1 Å². The van der Waals surface area contributed by atoms with Gasteiger partial charge in [-0.3, -0.25) is 4.79 Å². The van der Waals surface area contributed by atoms with Crippen LogP contribution >= 0.6 is 11.3 Å². The largest absolute Gasteiger partial charge is 0.481 e. The summed E-state index contributed by atoms with van der Waals surface area (Å²) >= 11 is 1.74. The Labute approximate surface area is 105 Å². The monoisotopic (exact) mass is 254 g/mol. The van der Waals surface area contributed by atoms with Gasteiger partial charge in [0.15, 0.2) is 5.13 Å². The standard InChI is InChI=1S/C12H18N2O2S/c1-8-9(2)17-12(13-8)14-6-5-10(7-14)3-4-11(15)16/h10H,3-7H2,1-2H3,(H,15,16). The lowest BCUT2D eigenvalue weighted by Crippen LogP contribution is -2.19. The molecular weight excluding hydrogens is 236 g/mol. The van der Waals surface area contributed by atoms with Gasteiger partial charge in [0.2, 0.25) is 0 Å². The molecule has 94 valence electrons. The maximum Gasteiger partial charge on any atom is 0.303 e. The summed E-state index contributed by atoms with van der Waals surface area (Å²) in [6, 6.07) is 0. The summed E-state index contributed by atoms with van der Waals surface area (Å²) in [6.45, 7) is 6.10. The van der Waals surface area contributed by atoms with Gasteiger partial charge >= 0.3 is 5.97 Å². The second-order valence-electron chi connectivity index (χ2n) is 4.67. The summed E-state index contributed by atoms with van der Waals surface area (Å²) < 4.78 is 0. The molecule has 1 N–H and O–H groups in total. The molecule has 1 atom stereocenters. The van der Waals surface area contributed by atoms with Crippen molar-refractivity contribution in [1.29, 1.82) is 0 Å². The van der Waals surface area contributed by atoms with E-state index in [-0.39, 0.29) is 6.42 Å². The molecule has 17 heavy (non-hydrogen) atoms. The molecular formula is C12H18N2O2S. The van der Waals surface area contributed by atoms with Crippen LogP contribution in [0.5, 0.6) is 0 Å². The zero-order valence-electron chi connectivity index (χ0n) is 10.3. The smallest absolute Gasteiger partial charge is 0.303 e. The minimum Gasteiger partial charge on any atom is -0.481 e. The van der Waals surface area contributed by atoms with Crippen LogP contribution in [0.25, 0.3) is 0 Å². The van der Waals surface area contributed by atoms with Gasteiger partial charge in [-0.15, -0.1) is 11.3 Å². The van der Waals surface area contributed by atoms with Crippen LogP contribution in [0.4, 0.5) is 5.13 Å². The highest BCUT2D eigenvalue weighted by molar-refractivity contribution is 7.15. The van der Waals surface area contributed by atoms with E-state index >= 15 is 0 Å². The maximum atomic E-state index is 10.5. The number of anilines is 1. The Morgan fingerprint density at radius 1 is 1.59 bits per heavy atom. The minimum absolute atomic E-state index is 0.286. The van der Waals surface area contributed by atoms with E-state index in [1.807, 2.05) is 6.92 Å². The van der Waals surface area contributed by atoms with Gasteiger partial charge in [0, 0.05) is 24.4 Å². The lowest BCUT2D eigenvalue weighted by molar-refractivity contribution is -0.137. The Kier molecular flexibility index (Phi) is 3.66. The molecule has 1 fully saturated rings. The van der Waals surface area contributed by atoms with Gasteiger partial charge in [-0.25, -0.2) is 4.98 Å². The lowest BCUT2D eigenvalue weighted by atomic mass is 10.0. The number of carboxylic acid groups (broad SMARTS) is 1. The van der Waals surface area contributed by atoms with Gasteiger partial charge in [0.05, 0.1) is 5.69 Å². The Hall–Kier alpha value is -1.10. The highest BCUT2D eigenvalue weighted by Crippen LogP contribution is 2.31. The van der Waals surface area contributed by atoms with E-state index in [0.29, 0.717) is 5.92 Å². The first-order valence-corrected chi connectivity index (χ1v) is 6.78. The van der Waals surface area contributed by atoms with E-state index < -0.39 is 5.97 Å². The van der Waals surface area contributed by atoms with Gasteiger partial charge in [-0.2, -0.15) is 0 Å². The molecule has 0 spiro atoms. The number of carbonyl (C=O) groups is 1. The molecule has 0 saturated carbocycles. The molecule has 0 amide bonds. The third kappa shape index (κ3) is 2.97. The van der Waals surface area contributed by atoms with Crippen molar-refractivity contribution in [3.05, 3.63) is 10.6 Å². The number of rotatable bonds is 4. The number of nitrogens with zero attached hydrogens (tertiary/aromatic N) is 2. The van der Waals surface area contributed by atoms with Crippen molar-refractivity contribution in [3.63, 3.8) is 0 Å². The number of thiazole rings is 1. The first-order valence-electron chi connectivity index (χ1n) is 5.97. The number of aryl methyl sites for hydroxylation is 2. The van der Waals surface area contributed by atoms with Gasteiger partial charge in [0.1, 0.15) is 0 Å². The lowest BCUT2D eigenvalue weighted by Gasteiger charge is -2.14. The summed E-state index contributed by atoms with van der Waals surface area (Å²) in [4.78, 5) is 18.6. The van der Waals surface area contributed by atoms with E-state index in [1.165, 1.54) is 4.88 Å². The summed E-state index contributed by atoms with van der Waals surface area (Å²) in [5, 5.41) is 9.77. The van der Waals surface area contributed by atoms with Crippen molar-refractivity contribution in [2.24, 2.45) is 5.92 Å². The van der Waals surface area contributed by atoms with Crippen molar-refractivity contribution < 1.29 is 9.90 Å². The van der Waals surface area contributed by atoms with Gasteiger partial charge in [-0.05, 0) is 32.6 Å². The molecule has 1 aliphatic heterocycles. The molecule has 2 heterocycles. The fourth-order valence-electron chi connectivity index (χ4n) is 2.16. The zero-order chi connectivity index (χ0) is 12.4. The van der Waals surface area contributed by atoms with Crippen LogP contribution in [0.15, 0.2) is 0 Å². The number of hydrogen-bond donors (Lipinski definition) is 1. The van der Waals surface area contributed by atoms with Crippen molar-refractivity contribution in [2.75, 3.05) is 18.0 Å². The molecule has 1 aliphatic rings. The first kappa shape index (κ1) is 12.4. The summed E-state index contributed by atoms with van der Waals surface area (Å²) in [5.74, 6) is -0.181. The van der Waals surface area contributed by atoms with Crippen LogP contribution in [0.2, 0.25) is 0 Å². The predicted octanol–water partition coefficient (Wildman–Crippen LogP) is 2.45. The van der Waals surface area contributed by atoms with Crippen LogP contribution in [0, 0.1) is 19.8 Å². The van der Waals surface area contributed by atoms with Crippen LogP contribution in [-0.2, 0) is 4.79 Å². The van der Waals surface area contributed by atoms with Gasteiger partial charge in [-0.1, -0.05) is 0 Å². The Morgan fingerprint density at radius 2 is 2.35 bits per heavy atom. The normalized spacial score (nSPS) is 19.9. The first-order chi connectivity index (χ1) is 8.06. The van der Waals surface area contributed by atoms with Crippen LogP contribution < -0.4 is 4.90 Å². The van der Waals surface area contributed by atoms with E-state index in [2.05, 4.69) is 16.8 Å². The van der Waals surface area contributed by atoms with Crippen molar-refractivity contribution in [1.82, 2.24) is 4.98 Å². The van der Waals surface area contributed by atoms with E-state index in [4.69, 9.17) is 5.11 Å². The molecule has 0 radical (unpaired) electrons. The highest BCUT2D eigenvalue weighted by atomic mass is 32.1. The number of aliphatic carboxylic acids is 1. The molecule has 4 nitrogen and oxygen atoms in total. The third-order valence-corrected chi connectivity index (χ3v) is 4.47. The van der Waals surface area contributed by atoms with Crippen molar-refractivity contribution in [2.45, 2.75) is 33.1 Å². The van der Waals surface area contributed by atoms with Crippen LogP contribution in [0.3, 0.4) is 0 Å². The number of aromatic nitrogens is 1. The highest BCUT2D eigenvalue weighted by Gasteiger charge is 2.25. The van der Waals surface area contributed by atoms with Gasteiger partial charge in [0.25, 0.3) is 0 Å². The summed E-state index contributed by atoms with van der Waals surface area (Å²) in [6.07, 6.45) is 2.16. The Bertz CT molecular complexity index is 397. The Morgan fingerprint density at radius 3 is 2.94 bits per heavy atom. The van der Waals surface area contributed by atoms with Crippen LogP contribution in [0.1, 0.15) is 29.8 Å². The molecule has 1 unspecified atom stereocenters. The number of carboxylic acids is 1. The summed E-state index contributed by atoms with van der Waals surface area (Å²) in [5.41, 5.74) is 1.11. The molecule has 0 bridgehead atoms. The zero-order valence-corrected chi connectivity index (χ0v) is 11.1. The number of hydrogen-bond acceptors (Lipinski definition) is 4. The molecule has 0 aromatic carbocycles. The fourth-order valence-corrected chi connectivity index (χ4v) is 3.11. The second kappa shape index (κ2) is 5.04. The average Bonchev–Trinajstić information content (AvgIpc) is 2.84. The second-order valence-corrected chi connectivity index (χ2v) is 5.85. The van der Waals surface area contributed by atoms with Gasteiger partial charge < -0.3 is 10.0 Å². The molecule has 5 heteroatoms. The topological polar surface area (TPSA) is 53.4 Å². The minimum atomic E-state index is -0.690. The van der Waals surface area contributed by atoms with Crippen molar-refractivity contribution in [3.8, 4) is 0 Å². The maximum absolute atomic E-state index is 10.5. The van der Waals surface area contributed by atoms with Crippen molar-refractivity contribution >= 4 is 22.4 Å². The molecule has 1 aromatic rings. The molecule has 1 aromatic heterocycles. The molecule has 1 saturated heterocycles. The predicted molar refractivity (Wildman–Crippen MR) is 68.8 cm³/mol. The third-order valence-electron chi connectivity index (χ3n) is 3.34. The van der Waals surface area contributed by atoms with E-state index in [9.17, 15) is 4.79 Å².